The molecule has 6 nitrogen and oxygen atoms in total. The van der Waals surface area contributed by atoms with Gasteiger partial charge in [0, 0.05) is 24.8 Å². The molecule has 0 saturated heterocycles. The summed E-state index contributed by atoms with van der Waals surface area (Å²) >= 11 is 0. The normalized spacial score (nSPS) is 11.2. The number of nitrogens with zero attached hydrogens (tertiary/aromatic N) is 2. The van der Waals surface area contributed by atoms with E-state index in [0.717, 1.165) is 22.2 Å². The van der Waals surface area contributed by atoms with Crippen LogP contribution in [0.1, 0.15) is 11.1 Å². The number of nitro benzene ring substituents is 1. The van der Waals surface area contributed by atoms with Gasteiger partial charge in [0.15, 0.2) is 0 Å². The van der Waals surface area contributed by atoms with Crippen molar-refractivity contribution in [3.63, 3.8) is 0 Å². The third-order valence-corrected chi connectivity index (χ3v) is 4.58. The minimum atomic E-state index is -0.362. The smallest absolute Gasteiger partial charge is 0.277 e. The summed E-state index contributed by atoms with van der Waals surface area (Å²) in [6.45, 7) is 0.971. The second kappa shape index (κ2) is 9.12. The molecular formula is C22H22N2O4. The van der Waals surface area contributed by atoms with Crippen molar-refractivity contribution in [1.29, 1.82) is 0 Å². The molecule has 3 aromatic rings. The Bertz CT molecular complexity index is 977. The maximum Gasteiger partial charge on any atom is 0.277 e. The largest absolute Gasteiger partial charge is 0.395 e. The van der Waals surface area contributed by atoms with Gasteiger partial charge in [0.25, 0.3) is 5.69 Å². The fraction of sp³-hybridized carbons (Fsp3) is 0.182. The Kier molecular flexibility index (Phi) is 6.37. The first-order valence-corrected chi connectivity index (χ1v) is 9.05. The second-order valence-electron chi connectivity index (χ2n) is 6.34. The molecule has 0 amide bonds. The van der Waals surface area contributed by atoms with Crippen LogP contribution in [-0.4, -0.2) is 41.4 Å². The van der Waals surface area contributed by atoms with E-state index in [1.807, 2.05) is 53.5 Å². The van der Waals surface area contributed by atoms with E-state index in [4.69, 9.17) is 10.2 Å². The minimum Gasteiger partial charge on any atom is -0.395 e. The average Bonchev–Trinajstić information content (AvgIpc) is 2.72. The highest BCUT2D eigenvalue weighted by atomic mass is 16.6. The number of nitro groups is 1. The lowest BCUT2D eigenvalue weighted by Crippen LogP contribution is -2.29. The lowest BCUT2D eigenvalue weighted by Gasteiger charge is -2.22. The van der Waals surface area contributed by atoms with Crippen molar-refractivity contribution in [2.24, 2.45) is 0 Å². The highest BCUT2D eigenvalue weighted by Gasteiger charge is 2.12. The van der Waals surface area contributed by atoms with E-state index in [0.29, 0.717) is 18.5 Å². The van der Waals surface area contributed by atoms with Crippen LogP contribution in [0.4, 0.5) is 11.4 Å². The van der Waals surface area contributed by atoms with Crippen molar-refractivity contribution in [3.8, 4) is 0 Å². The molecule has 0 saturated carbocycles. The van der Waals surface area contributed by atoms with Crippen molar-refractivity contribution >= 4 is 34.3 Å². The molecular weight excluding hydrogens is 356 g/mol. The van der Waals surface area contributed by atoms with Gasteiger partial charge < -0.3 is 15.1 Å². The number of hydrogen-bond acceptors (Lipinski definition) is 5. The van der Waals surface area contributed by atoms with Crippen LogP contribution in [0.2, 0.25) is 0 Å². The van der Waals surface area contributed by atoms with E-state index in [1.54, 1.807) is 18.2 Å². The Hall–Kier alpha value is -3.22. The van der Waals surface area contributed by atoms with Crippen LogP contribution in [-0.2, 0) is 0 Å². The zero-order chi connectivity index (χ0) is 19.9. The summed E-state index contributed by atoms with van der Waals surface area (Å²) in [7, 11) is 0. The van der Waals surface area contributed by atoms with Gasteiger partial charge in [-0.2, -0.15) is 0 Å². The molecule has 0 heterocycles. The summed E-state index contributed by atoms with van der Waals surface area (Å²) in [5, 5.41) is 31.0. The first kappa shape index (κ1) is 19.5. The number of aliphatic hydroxyl groups excluding tert-OH is 2. The monoisotopic (exact) mass is 378 g/mol. The van der Waals surface area contributed by atoms with Gasteiger partial charge in [-0.15, -0.1) is 0 Å². The molecule has 3 rings (SSSR count). The van der Waals surface area contributed by atoms with Crippen molar-refractivity contribution in [3.05, 3.63) is 81.9 Å². The number of non-ortho nitro benzene ring substituents is 1. The van der Waals surface area contributed by atoms with Crippen molar-refractivity contribution in [2.75, 3.05) is 31.2 Å². The third-order valence-electron chi connectivity index (χ3n) is 4.58. The zero-order valence-electron chi connectivity index (χ0n) is 15.4. The van der Waals surface area contributed by atoms with E-state index in [2.05, 4.69) is 0 Å². The number of anilines is 1. The van der Waals surface area contributed by atoms with Crippen LogP contribution >= 0.6 is 0 Å². The van der Waals surface area contributed by atoms with E-state index >= 15 is 0 Å². The van der Waals surface area contributed by atoms with Gasteiger partial charge in [-0.1, -0.05) is 42.5 Å². The molecule has 3 aromatic carbocycles. The molecule has 2 N–H and O–H groups in total. The van der Waals surface area contributed by atoms with Gasteiger partial charge in [-0.05, 0) is 40.8 Å². The second-order valence-corrected chi connectivity index (χ2v) is 6.34. The minimum absolute atomic E-state index is 0.0227. The number of rotatable bonds is 8. The summed E-state index contributed by atoms with van der Waals surface area (Å²) in [5.41, 5.74) is 2.93. The van der Waals surface area contributed by atoms with Crippen LogP contribution in [0.15, 0.2) is 60.7 Å². The molecule has 0 bridgehead atoms. The maximum absolute atomic E-state index is 11.2. The van der Waals surface area contributed by atoms with E-state index in [1.165, 1.54) is 6.07 Å². The van der Waals surface area contributed by atoms with Crippen molar-refractivity contribution < 1.29 is 15.1 Å². The number of fused-ring (bicyclic) bond motifs is 1. The fourth-order valence-corrected chi connectivity index (χ4v) is 3.20. The molecule has 0 aliphatic carbocycles. The van der Waals surface area contributed by atoms with Crippen LogP contribution in [0.3, 0.4) is 0 Å². The van der Waals surface area contributed by atoms with Crippen LogP contribution in [0.5, 0.6) is 0 Å². The van der Waals surface area contributed by atoms with Gasteiger partial charge in [-0.25, -0.2) is 0 Å². The number of aliphatic hydroxyl groups is 2. The standard InChI is InChI=1S/C22H22N2O4/c25-15-13-23(14-16-26)19-10-6-17(7-11-19)5-8-18-9-12-22(24(27)28)21-4-2-1-3-20(18)21/h1-12,25-26H,13-16H2/b8-5+. The first-order valence-electron chi connectivity index (χ1n) is 9.05. The Balaban J connectivity index is 1.86. The number of hydrogen-bond donors (Lipinski definition) is 2. The fourth-order valence-electron chi connectivity index (χ4n) is 3.20. The Labute approximate surface area is 163 Å². The molecule has 144 valence electrons. The van der Waals surface area contributed by atoms with Crippen molar-refractivity contribution in [1.82, 2.24) is 0 Å². The molecule has 0 aliphatic rings. The van der Waals surface area contributed by atoms with Gasteiger partial charge >= 0.3 is 0 Å². The average molecular weight is 378 g/mol. The molecule has 0 spiro atoms. The Morgan fingerprint density at radius 2 is 1.50 bits per heavy atom. The first-order chi connectivity index (χ1) is 13.6. The molecule has 0 unspecified atom stereocenters. The third kappa shape index (κ3) is 4.36. The summed E-state index contributed by atoms with van der Waals surface area (Å²) < 4.78 is 0. The topological polar surface area (TPSA) is 86.8 Å². The molecule has 0 aromatic heterocycles. The Morgan fingerprint density at radius 3 is 2.11 bits per heavy atom. The Morgan fingerprint density at radius 1 is 0.857 bits per heavy atom. The molecule has 28 heavy (non-hydrogen) atoms. The molecule has 0 aliphatic heterocycles. The predicted molar refractivity (Wildman–Crippen MR) is 112 cm³/mol. The lowest BCUT2D eigenvalue weighted by molar-refractivity contribution is -0.383. The van der Waals surface area contributed by atoms with Gasteiger partial charge in [-0.3, -0.25) is 10.1 Å². The lowest BCUT2D eigenvalue weighted by atomic mass is 10.0. The highest BCUT2D eigenvalue weighted by molar-refractivity contribution is 5.98. The molecule has 6 heteroatoms. The quantitative estimate of drug-likeness (QED) is 0.354. The van der Waals surface area contributed by atoms with Gasteiger partial charge in [0.2, 0.25) is 0 Å². The molecule has 0 fully saturated rings. The summed E-state index contributed by atoms with van der Waals surface area (Å²) in [5.74, 6) is 0. The van der Waals surface area contributed by atoms with E-state index in [-0.39, 0.29) is 23.8 Å². The van der Waals surface area contributed by atoms with Crippen LogP contribution in [0.25, 0.3) is 22.9 Å². The van der Waals surface area contributed by atoms with Crippen LogP contribution < -0.4 is 4.90 Å². The molecule has 0 atom stereocenters. The van der Waals surface area contributed by atoms with E-state index < -0.39 is 0 Å². The van der Waals surface area contributed by atoms with E-state index in [9.17, 15) is 10.1 Å². The van der Waals surface area contributed by atoms with Crippen LogP contribution in [0, 0.1) is 10.1 Å². The highest BCUT2D eigenvalue weighted by Crippen LogP contribution is 2.29. The maximum atomic E-state index is 11.2. The predicted octanol–water partition coefficient (Wildman–Crippen LogP) is 3.71. The van der Waals surface area contributed by atoms with Gasteiger partial charge in [0.1, 0.15) is 0 Å². The summed E-state index contributed by atoms with van der Waals surface area (Å²) in [4.78, 5) is 12.8. The summed E-state index contributed by atoms with van der Waals surface area (Å²) in [6, 6.07) is 18.4. The SMILES string of the molecule is O=[N+]([O-])c1ccc(/C=C/c2ccc(N(CCO)CCO)cc2)c2ccccc12. The molecule has 0 radical (unpaired) electrons. The van der Waals surface area contributed by atoms with Crippen molar-refractivity contribution in [2.45, 2.75) is 0 Å². The van der Waals surface area contributed by atoms with Gasteiger partial charge in [0.05, 0.1) is 23.5 Å². The number of benzene rings is 3. The zero-order valence-corrected chi connectivity index (χ0v) is 15.4. The summed E-state index contributed by atoms with van der Waals surface area (Å²) in [6.07, 6.45) is 3.90.